The second-order valence-corrected chi connectivity index (χ2v) is 8.67. The minimum Gasteiger partial charge on any atom is -0.311 e. The quantitative estimate of drug-likeness (QED) is 0.771. The van der Waals surface area contributed by atoms with Crippen LogP contribution >= 0.6 is 0 Å². The Kier molecular flexibility index (Phi) is 6.14. The monoisotopic (exact) mass is 294 g/mol. The van der Waals surface area contributed by atoms with E-state index in [1.165, 1.54) is 77.4 Å². The summed E-state index contributed by atoms with van der Waals surface area (Å²) in [5, 5.41) is 3.81. The Morgan fingerprint density at radius 2 is 1.62 bits per heavy atom. The van der Waals surface area contributed by atoms with Gasteiger partial charge in [-0.25, -0.2) is 0 Å². The Labute approximate surface area is 133 Å². The van der Waals surface area contributed by atoms with E-state index in [2.05, 4.69) is 37.9 Å². The van der Waals surface area contributed by atoms with E-state index in [4.69, 9.17) is 0 Å². The van der Waals surface area contributed by atoms with E-state index < -0.39 is 0 Å². The lowest BCUT2D eigenvalue weighted by Gasteiger charge is -2.42. The summed E-state index contributed by atoms with van der Waals surface area (Å²) < 4.78 is 0. The molecule has 124 valence electrons. The van der Waals surface area contributed by atoms with Gasteiger partial charge in [0.1, 0.15) is 0 Å². The lowest BCUT2D eigenvalue weighted by atomic mass is 9.83. The van der Waals surface area contributed by atoms with Crippen LogP contribution in [0.4, 0.5) is 0 Å². The molecule has 0 aromatic carbocycles. The molecule has 2 aliphatic rings. The first-order chi connectivity index (χ1) is 9.94. The zero-order valence-electron chi connectivity index (χ0n) is 15.0. The highest BCUT2D eigenvalue weighted by Crippen LogP contribution is 2.40. The number of hydrogen-bond donors (Lipinski definition) is 1. The van der Waals surface area contributed by atoms with Crippen molar-refractivity contribution in [2.24, 2.45) is 5.41 Å². The van der Waals surface area contributed by atoms with E-state index in [1.54, 1.807) is 0 Å². The molecular weight excluding hydrogens is 256 g/mol. The van der Waals surface area contributed by atoms with Gasteiger partial charge in [0.25, 0.3) is 0 Å². The van der Waals surface area contributed by atoms with E-state index in [9.17, 15) is 0 Å². The van der Waals surface area contributed by atoms with Gasteiger partial charge in [0.05, 0.1) is 0 Å². The molecule has 0 heterocycles. The van der Waals surface area contributed by atoms with Gasteiger partial charge < -0.3 is 10.2 Å². The fourth-order valence-electron chi connectivity index (χ4n) is 4.34. The predicted molar refractivity (Wildman–Crippen MR) is 92.8 cm³/mol. The number of nitrogens with zero attached hydrogens (tertiary/aromatic N) is 1. The minimum atomic E-state index is 0.247. The second-order valence-electron chi connectivity index (χ2n) is 8.67. The fourth-order valence-corrected chi connectivity index (χ4v) is 4.34. The minimum absolute atomic E-state index is 0.247. The highest BCUT2D eigenvalue weighted by atomic mass is 15.2. The molecule has 0 saturated heterocycles. The van der Waals surface area contributed by atoms with Crippen molar-refractivity contribution in [1.82, 2.24) is 10.2 Å². The molecular formula is C19H38N2. The number of nitrogens with one attached hydrogen (secondary N) is 1. The molecule has 2 heteroatoms. The van der Waals surface area contributed by atoms with Gasteiger partial charge in [-0.1, -0.05) is 39.0 Å². The summed E-state index contributed by atoms with van der Waals surface area (Å²) >= 11 is 0. The van der Waals surface area contributed by atoms with E-state index in [-0.39, 0.29) is 5.54 Å². The van der Waals surface area contributed by atoms with Crippen molar-refractivity contribution in [3.63, 3.8) is 0 Å². The van der Waals surface area contributed by atoms with Crippen LogP contribution in [0.25, 0.3) is 0 Å². The van der Waals surface area contributed by atoms with Crippen molar-refractivity contribution in [2.75, 3.05) is 19.6 Å². The zero-order chi connectivity index (χ0) is 15.3. The first-order valence-electron chi connectivity index (χ1n) is 9.43. The third-order valence-corrected chi connectivity index (χ3v) is 5.69. The van der Waals surface area contributed by atoms with Crippen LogP contribution in [-0.4, -0.2) is 36.1 Å². The Bertz CT molecular complexity index is 293. The molecule has 2 fully saturated rings. The molecule has 0 bridgehead atoms. The summed E-state index contributed by atoms with van der Waals surface area (Å²) in [5.74, 6) is 0. The van der Waals surface area contributed by atoms with Crippen molar-refractivity contribution in [3.8, 4) is 0 Å². The maximum absolute atomic E-state index is 3.81. The number of hydrogen-bond acceptors (Lipinski definition) is 2. The van der Waals surface area contributed by atoms with Crippen LogP contribution in [0, 0.1) is 5.41 Å². The molecule has 1 N–H and O–H groups in total. The molecule has 0 aromatic rings. The Morgan fingerprint density at radius 3 is 2.14 bits per heavy atom. The van der Waals surface area contributed by atoms with Crippen LogP contribution in [-0.2, 0) is 0 Å². The first kappa shape index (κ1) is 17.3. The van der Waals surface area contributed by atoms with Gasteiger partial charge in [-0.2, -0.15) is 0 Å². The SMILES string of the molecule is CCN(CC1(CNC(C)(C)C)CCCC1)C1CCCCC1. The standard InChI is InChI=1S/C19H38N2/c1-5-21(17-11-7-6-8-12-17)16-19(13-9-10-14-19)15-20-18(2,3)4/h17,20H,5-16H2,1-4H3. The average Bonchev–Trinajstić information content (AvgIpc) is 2.92. The van der Waals surface area contributed by atoms with E-state index in [1.807, 2.05) is 0 Å². The topological polar surface area (TPSA) is 15.3 Å². The highest BCUT2D eigenvalue weighted by Gasteiger charge is 2.37. The van der Waals surface area contributed by atoms with Crippen molar-refractivity contribution in [1.29, 1.82) is 0 Å². The molecule has 0 atom stereocenters. The lowest BCUT2D eigenvalue weighted by Crippen LogP contribution is -2.50. The van der Waals surface area contributed by atoms with E-state index >= 15 is 0 Å². The summed E-state index contributed by atoms with van der Waals surface area (Å²) in [5.41, 5.74) is 0.790. The molecule has 0 aromatic heterocycles. The largest absolute Gasteiger partial charge is 0.311 e. The molecule has 2 aliphatic carbocycles. The molecule has 2 saturated carbocycles. The van der Waals surface area contributed by atoms with Crippen LogP contribution in [0.15, 0.2) is 0 Å². The van der Waals surface area contributed by atoms with Crippen LogP contribution < -0.4 is 5.32 Å². The van der Waals surface area contributed by atoms with Gasteiger partial charge in [0.15, 0.2) is 0 Å². The summed E-state index contributed by atoms with van der Waals surface area (Å²) in [7, 11) is 0. The zero-order valence-corrected chi connectivity index (χ0v) is 15.0. The summed E-state index contributed by atoms with van der Waals surface area (Å²) in [6.07, 6.45) is 13.0. The Hall–Kier alpha value is -0.0800. The Morgan fingerprint density at radius 1 is 1.00 bits per heavy atom. The maximum atomic E-state index is 3.81. The smallest absolute Gasteiger partial charge is 0.00967 e. The van der Waals surface area contributed by atoms with Crippen molar-refractivity contribution < 1.29 is 0 Å². The van der Waals surface area contributed by atoms with Crippen LogP contribution in [0.5, 0.6) is 0 Å². The van der Waals surface area contributed by atoms with E-state index in [0.29, 0.717) is 5.41 Å². The third kappa shape index (κ3) is 5.25. The molecule has 21 heavy (non-hydrogen) atoms. The highest BCUT2D eigenvalue weighted by molar-refractivity contribution is 4.92. The molecule has 0 spiro atoms. The molecule has 0 radical (unpaired) electrons. The fraction of sp³-hybridized carbons (Fsp3) is 1.00. The molecule has 0 aliphatic heterocycles. The summed E-state index contributed by atoms with van der Waals surface area (Å²) in [4.78, 5) is 2.83. The van der Waals surface area contributed by atoms with Gasteiger partial charge in [-0.3, -0.25) is 0 Å². The molecule has 2 rings (SSSR count). The van der Waals surface area contributed by atoms with Gasteiger partial charge >= 0.3 is 0 Å². The lowest BCUT2D eigenvalue weighted by molar-refractivity contribution is 0.0890. The molecule has 2 nitrogen and oxygen atoms in total. The van der Waals surface area contributed by atoms with E-state index in [0.717, 1.165) is 6.04 Å². The van der Waals surface area contributed by atoms with Crippen molar-refractivity contribution in [2.45, 2.75) is 97.1 Å². The van der Waals surface area contributed by atoms with Gasteiger partial charge in [-0.05, 0) is 58.4 Å². The van der Waals surface area contributed by atoms with Gasteiger partial charge in [0.2, 0.25) is 0 Å². The Balaban J connectivity index is 1.96. The summed E-state index contributed by atoms with van der Waals surface area (Å²) in [6, 6.07) is 0.871. The molecule has 0 amide bonds. The van der Waals surface area contributed by atoms with Crippen LogP contribution in [0.2, 0.25) is 0 Å². The average molecular weight is 295 g/mol. The van der Waals surface area contributed by atoms with Gasteiger partial charge in [0, 0.05) is 24.7 Å². The molecule has 0 unspecified atom stereocenters. The maximum Gasteiger partial charge on any atom is 0.00967 e. The number of rotatable bonds is 6. The third-order valence-electron chi connectivity index (χ3n) is 5.69. The first-order valence-corrected chi connectivity index (χ1v) is 9.43. The normalized spacial score (nSPS) is 23.9. The summed E-state index contributed by atoms with van der Waals surface area (Å²) in [6.45, 7) is 13.0. The van der Waals surface area contributed by atoms with Crippen molar-refractivity contribution >= 4 is 0 Å². The second kappa shape index (κ2) is 7.46. The predicted octanol–water partition coefficient (Wildman–Crippen LogP) is 4.59. The van der Waals surface area contributed by atoms with Crippen LogP contribution in [0.1, 0.15) is 85.5 Å². The van der Waals surface area contributed by atoms with Gasteiger partial charge in [-0.15, -0.1) is 0 Å². The van der Waals surface area contributed by atoms with Crippen molar-refractivity contribution in [3.05, 3.63) is 0 Å². The van der Waals surface area contributed by atoms with Crippen LogP contribution in [0.3, 0.4) is 0 Å².